The van der Waals surface area contributed by atoms with Crippen molar-refractivity contribution in [2.24, 2.45) is 0 Å². The van der Waals surface area contributed by atoms with Crippen LogP contribution in [0.2, 0.25) is 0 Å². The van der Waals surface area contributed by atoms with Crippen LogP contribution in [0.15, 0.2) is 36.4 Å². The summed E-state index contributed by atoms with van der Waals surface area (Å²) in [7, 11) is 4.38. The number of amides is 1. The number of hydrogen-bond donors (Lipinski definition) is 1. The van der Waals surface area contributed by atoms with Crippen molar-refractivity contribution >= 4 is 23.3 Å². The predicted molar refractivity (Wildman–Crippen MR) is 107 cm³/mol. The zero-order valence-corrected chi connectivity index (χ0v) is 17.0. The van der Waals surface area contributed by atoms with Crippen LogP contribution in [0.3, 0.4) is 0 Å². The van der Waals surface area contributed by atoms with Gasteiger partial charge in [0.1, 0.15) is 0 Å². The van der Waals surface area contributed by atoms with Crippen molar-refractivity contribution in [3.63, 3.8) is 0 Å². The lowest BCUT2D eigenvalue weighted by Gasteiger charge is -2.15. The van der Waals surface area contributed by atoms with Crippen molar-refractivity contribution in [2.75, 3.05) is 26.6 Å². The zero-order chi connectivity index (χ0) is 22.3. The van der Waals surface area contributed by atoms with E-state index in [1.54, 1.807) is 12.1 Å². The quantitative estimate of drug-likeness (QED) is 0.374. The molecule has 0 saturated carbocycles. The van der Waals surface area contributed by atoms with Crippen LogP contribution in [0.5, 0.6) is 17.2 Å². The molecule has 0 aliphatic rings. The number of nitro benzene ring substituents is 1. The third-order valence-electron chi connectivity index (χ3n) is 4.07. The van der Waals surface area contributed by atoms with Gasteiger partial charge in [-0.1, -0.05) is 6.07 Å². The van der Waals surface area contributed by atoms with Crippen LogP contribution < -0.4 is 19.5 Å². The minimum atomic E-state index is -1.11. The van der Waals surface area contributed by atoms with Crippen LogP contribution in [0, 0.1) is 10.1 Å². The highest BCUT2D eigenvalue weighted by molar-refractivity contribution is 5.95. The van der Waals surface area contributed by atoms with Gasteiger partial charge in [-0.05, 0) is 30.7 Å². The second-order valence-corrected chi connectivity index (χ2v) is 6.14. The van der Waals surface area contributed by atoms with Crippen LogP contribution in [0.4, 0.5) is 11.4 Å². The number of rotatable bonds is 9. The lowest BCUT2D eigenvalue weighted by molar-refractivity contribution is -0.384. The largest absolute Gasteiger partial charge is 0.493 e. The molecule has 0 aliphatic carbocycles. The Morgan fingerprint density at radius 2 is 1.70 bits per heavy atom. The van der Waals surface area contributed by atoms with Gasteiger partial charge in [0, 0.05) is 17.8 Å². The molecule has 10 heteroatoms. The Morgan fingerprint density at radius 3 is 2.23 bits per heavy atom. The third-order valence-corrected chi connectivity index (χ3v) is 4.07. The van der Waals surface area contributed by atoms with E-state index in [9.17, 15) is 19.7 Å². The molecular formula is C20H22N2O8. The lowest BCUT2D eigenvalue weighted by atomic mass is 10.1. The van der Waals surface area contributed by atoms with E-state index in [-0.39, 0.29) is 17.8 Å². The van der Waals surface area contributed by atoms with Gasteiger partial charge in [-0.15, -0.1) is 0 Å². The lowest BCUT2D eigenvalue weighted by Crippen LogP contribution is -2.30. The first kappa shape index (κ1) is 22.5. The van der Waals surface area contributed by atoms with Crippen LogP contribution >= 0.6 is 0 Å². The Labute approximate surface area is 172 Å². The number of esters is 1. The minimum Gasteiger partial charge on any atom is -0.493 e. The molecule has 0 aliphatic heterocycles. The highest BCUT2D eigenvalue weighted by Gasteiger charge is 2.20. The van der Waals surface area contributed by atoms with Crippen molar-refractivity contribution in [2.45, 2.75) is 19.4 Å². The fraction of sp³-hybridized carbons (Fsp3) is 0.300. The summed E-state index contributed by atoms with van der Waals surface area (Å²) in [5, 5.41) is 13.3. The molecule has 0 bridgehead atoms. The summed E-state index contributed by atoms with van der Waals surface area (Å²) in [4.78, 5) is 34.8. The first-order valence-corrected chi connectivity index (χ1v) is 8.82. The smallest absolute Gasteiger partial charge is 0.311 e. The molecule has 0 spiro atoms. The number of carbonyl (C=O) groups excluding carboxylic acids is 2. The van der Waals surface area contributed by atoms with E-state index in [0.717, 1.165) is 0 Å². The topological polar surface area (TPSA) is 126 Å². The molecule has 160 valence electrons. The number of benzene rings is 2. The second-order valence-electron chi connectivity index (χ2n) is 6.14. The Morgan fingerprint density at radius 1 is 1.07 bits per heavy atom. The standard InChI is InChI=1S/C20H22N2O8/c1-12(20(24)21-14-6-5-7-15(11-14)22(25)26)30-18(23)10-13-8-16(27-2)19(29-4)17(9-13)28-3/h5-9,11-12H,10H2,1-4H3,(H,21,24)/t12-/m1/s1. The summed E-state index contributed by atoms with van der Waals surface area (Å²) in [5.41, 5.74) is 0.599. The number of non-ortho nitro benzene ring substituents is 1. The van der Waals surface area contributed by atoms with Gasteiger partial charge < -0.3 is 24.3 Å². The summed E-state index contributed by atoms with van der Waals surface area (Å²) in [5.74, 6) is -0.103. The van der Waals surface area contributed by atoms with Crippen LogP contribution in [0.1, 0.15) is 12.5 Å². The Hall–Kier alpha value is -3.82. The van der Waals surface area contributed by atoms with Gasteiger partial charge in [-0.25, -0.2) is 0 Å². The summed E-state index contributed by atoms with van der Waals surface area (Å²) in [6, 6.07) is 8.66. The summed E-state index contributed by atoms with van der Waals surface area (Å²) in [6.45, 7) is 1.40. The molecule has 2 aromatic carbocycles. The highest BCUT2D eigenvalue weighted by Crippen LogP contribution is 2.38. The molecule has 0 saturated heterocycles. The molecule has 0 radical (unpaired) electrons. The number of nitrogens with zero attached hydrogens (tertiary/aromatic N) is 1. The number of carbonyl (C=O) groups is 2. The molecule has 10 nitrogen and oxygen atoms in total. The minimum absolute atomic E-state index is 0.134. The number of methoxy groups -OCH3 is 3. The SMILES string of the molecule is COc1cc(CC(=O)O[C@H](C)C(=O)Nc2cccc([N+](=O)[O-])c2)cc(OC)c1OC. The van der Waals surface area contributed by atoms with Gasteiger partial charge >= 0.3 is 5.97 Å². The maximum absolute atomic E-state index is 12.3. The average molecular weight is 418 g/mol. The average Bonchev–Trinajstić information content (AvgIpc) is 2.72. The van der Waals surface area contributed by atoms with Gasteiger partial charge in [-0.3, -0.25) is 19.7 Å². The Kier molecular flexibility index (Phi) is 7.56. The van der Waals surface area contributed by atoms with E-state index in [4.69, 9.17) is 18.9 Å². The highest BCUT2D eigenvalue weighted by atomic mass is 16.6. The Balaban J connectivity index is 2.03. The molecule has 2 aromatic rings. The fourth-order valence-corrected chi connectivity index (χ4v) is 2.64. The molecule has 30 heavy (non-hydrogen) atoms. The van der Waals surface area contributed by atoms with Crippen LogP contribution in [0.25, 0.3) is 0 Å². The number of nitro groups is 1. The molecule has 1 atom stereocenters. The van der Waals surface area contributed by atoms with E-state index in [1.807, 2.05) is 0 Å². The number of hydrogen-bond acceptors (Lipinski definition) is 8. The number of anilines is 1. The van der Waals surface area contributed by atoms with E-state index in [2.05, 4.69) is 5.32 Å². The summed E-state index contributed by atoms with van der Waals surface area (Å²) in [6.07, 6.45) is -1.25. The molecule has 1 N–H and O–H groups in total. The predicted octanol–water partition coefficient (Wildman–Crippen LogP) is 2.73. The van der Waals surface area contributed by atoms with Crippen molar-refractivity contribution in [3.8, 4) is 17.2 Å². The zero-order valence-electron chi connectivity index (χ0n) is 17.0. The second kappa shape index (κ2) is 10.1. The molecule has 0 aromatic heterocycles. The molecule has 0 fully saturated rings. The molecular weight excluding hydrogens is 396 g/mol. The van der Waals surface area contributed by atoms with Gasteiger partial charge in [0.15, 0.2) is 17.6 Å². The maximum atomic E-state index is 12.3. The first-order chi connectivity index (χ1) is 14.3. The van der Waals surface area contributed by atoms with Crippen molar-refractivity contribution in [1.29, 1.82) is 0 Å². The Bertz CT molecular complexity index is 919. The monoisotopic (exact) mass is 418 g/mol. The maximum Gasteiger partial charge on any atom is 0.311 e. The van der Waals surface area contributed by atoms with E-state index < -0.39 is 22.9 Å². The van der Waals surface area contributed by atoms with Crippen molar-refractivity contribution in [1.82, 2.24) is 0 Å². The molecule has 0 heterocycles. The number of nitrogens with one attached hydrogen (secondary N) is 1. The molecule has 2 rings (SSSR count). The first-order valence-electron chi connectivity index (χ1n) is 8.82. The van der Waals surface area contributed by atoms with Crippen molar-refractivity contribution in [3.05, 3.63) is 52.1 Å². The fourth-order valence-electron chi connectivity index (χ4n) is 2.64. The van der Waals surface area contributed by atoms with Gasteiger partial charge in [0.05, 0.1) is 32.7 Å². The number of ether oxygens (including phenoxy) is 4. The molecule has 1 amide bonds. The normalized spacial score (nSPS) is 11.2. The van der Waals surface area contributed by atoms with Gasteiger partial charge in [0.25, 0.3) is 11.6 Å². The summed E-state index contributed by atoms with van der Waals surface area (Å²) >= 11 is 0. The van der Waals surface area contributed by atoms with Gasteiger partial charge in [0.2, 0.25) is 5.75 Å². The van der Waals surface area contributed by atoms with Crippen molar-refractivity contribution < 1.29 is 33.5 Å². The van der Waals surface area contributed by atoms with E-state index in [1.165, 1.54) is 52.5 Å². The van der Waals surface area contributed by atoms with E-state index >= 15 is 0 Å². The summed E-state index contributed by atoms with van der Waals surface area (Å²) < 4.78 is 20.9. The molecule has 0 unspecified atom stereocenters. The van der Waals surface area contributed by atoms with Crippen LogP contribution in [-0.4, -0.2) is 44.2 Å². The van der Waals surface area contributed by atoms with Gasteiger partial charge in [-0.2, -0.15) is 0 Å². The van der Waals surface area contributed by atoms with Crippen LogP contribution in [-0.2, 0) is 20.7 Å². The third kappa shape index (κ3) is 5.60. The van der Waals surface area contributed by atoms with E-state index in [0.29, 0.717) is 22.8 Å².